The van der Waals surface area contributed by atoms with Gasteiger partial charge in [-0.3, -0.25) is 0 Å². The lowest BCUT2D eigenvalue weighted by Gasteiger charge is -2.15. The van der Waals surface area contributed by atoms with Crippen LogP contribution in [0.4, 0.5) is 0 Å². The van der Waals surface area contributed by atoms with E-state index in [4.69, 9.17) is 15.2 Å². The van der Waals surface area contributed by atoms with Gasteiger partial charge < -0.3 is 19.8 Å². The minimum absolute atomic E-state index is 0.0779. The first-order chi connectivity index (χ1) is 9.61. The molecule has 0 unspecified atom stereocenters. The Morgan fingerprint density at radius 3 is 2.80 bits per heavy atom. The molecule has 2 N–H and O–H groups in total. The van der Waals surface area contributed by atoms with Gasteiger partial charge in [0.05, 0.1) is 13.7 Å². The largest absolute Gasteiger partial charge is 0.497 e. The number of imidazole rings is 1. The fourth-order valence-corrected chi connectivity index (χ4v) is 2.04. The van der Waals surface area contributed by atoms with Crippen LogP contribution in [0, 0.1) is 6.92 Å². The van der Waals surface area contributed by atoms with Crippen LogP contribution >= 0.6 is 0 Å². The molecule has 20 heavy (non-hydrogen) atoms. The Kier molecular flexibility index (Phi) is 4.63. The molecule has 1 heterocycles. The lowest BCUT2D eigenvalue weighted by molar-refractivity contribution is 0.291. The molecule has 0 saturated heterocycles. The van der Waals surface area contributed by atoms with Crippen molar-refractivity contribution in [2.24, 2.45) is 5.73 Å². The molecule has 1 aromatic heterocycles. The van der Waals surface area contributed by atoms with Crippen molar-refractivity contribution in [2.45, 2.75) is 26.4 Å². The molecule has 1 aromatic carbocycles. The van der Waals surface area contributed by atoms with Gasteiger partial charge in [-0.25, -0.2) is 4.98 Å². The molecule has 0 spiro atoms. The molecule has 0 fully saturated rings. The highest BCUT2D eigenvalue weighted by molar-refractivity contribution is 5.42. The van der Waals surface area contributed by atoms with E-state index in [1.807, 2.05) is 42.8 Å². The molecule has 5 nitrogen and oxygen atoms in total. The molecule has 0 radical (unpaired) electrons. The van der Waals surface area contributed by atoms with E-state index in [2.05, 4.69) is 4.98 Å². The van der Waals surface area contributed by atoms with Crippen LogP contribution in [-0.2, 0) is 6.54 Å². The smallest absolute Gasteiger partial charge is 0.127 e. The minimum atomic E-state index is -0.0779. The van der Waals surface area contributed by atoms with Crippen LogP contribution in [0.2, 0.25) is 0 Å². The van der Waals surface area contributed by atoms with E-state index in [-0.39, 0.29) is 6.04 Å². The van der Waals surface area contributed by atoms with E-state index < -0.39 is 0 Å². The molecule has 0 aliphatic heterocycles. The van der Waals surface area contributed by atoms with Gasteiger partial charge in [0.2, 0.25) is 0 Å². The third kappa shape index (κ3) is 3.30. The van der Waals surface area contributed by atoms with Crippen molar-refractivity contribution >= 4 is 0 Å². The van der Waals surface area contributed by atoms with Gasteiger partial charge in [-0.05, 0) is 19.9 Å². The van der Waals surface area contributed by atoms with Crippen LogP contribution in [-0.4, -0.2) is 23.3 Å². The average Bonchev–Trinajstić information content (AvgIpc) is 2.84. The van der Waals surface area contributed by atoms with Crippen molar-refractivity contribution in [3.05, 3.63) is 42.0 Å². The molecule has 0 bridgehead atoms. The second-order valence-electron chi connectivity index (χ2n) is 4.71. The summed E-state index contributed by atoms with van der Waals surface area (Å²) in [7, 11) is 1.64. The van der Waals surface area contributed by atoms with E-state index in [1.165, 1.54) is 0 Å². The normalized spacial score (nSPS) is 12.2. The second-order valence-corrected chi connectivity index (χ2v) is 4.71. The van der Waals surface area contributed by atoms with Crippen molar-refractivity contribution in [3.63, 3.8) is 0 Å². The molecular weight excluding hydrogens is 254 g/mol. The molecule has 2 aromatic rings. The molecule has 0 aliphatic carbocycles. The number of methoxy groups -OCH3 is 1. The Morgan fingerprint density at radius 1 is 1.40 bits per heavy atom. The van der Waals surface area contributed by atoms with E-state index in [9.17, 15) is 0 Å². The predicted octanol–water partition coefficient (Wildman–Crippen LogP) is 2.30. The minimum Gasteiger partial charge on any atom is -0.497 e. The fraction of sp³-hybridized carbons (Fsp3) is 0.400. The third-order valence-corrected chi connectivity index (χ3v) is 3.22. The summed E-state index contributed by atoms with van der Waals surface area (Å²) in [6, 6.07) is 5.64. The van der Waals surface area contributed by atoms with Crippen molar-refractivity contribution in [1.29, 1.82) is 0 Å². The first-order valence-electron chi connectivity index (χ1n) is 6.66. The summed E-state index contributed by atoms with van der Waals surface area (Å²) in [5, 5.41) is 0. The van der Waals surface area contributed by atoms with Crippen LogP contribution in [0.1, 0.15) is 24.4 Å². The summed E-state index contributed by atoms with van der Waals surface area (Å²) in [5.41, 5.74) is 6.94. The average molecular weight is 275 g/mol. The Hall–Kier alpha value is -2.01. The zero-order valence-electron chi connectivity index (χ0n) is 12.2. The summed E-state index contributed by atoms with van der Waals surface area (Å²) in [6.45, 7) is 5.22. The summed E-state index contributed by atoms with van der Waals surface area (Å²) in [4.78, 5) is 4.18. The topological polar surface area (TPSA) is 62.3 Å². The number of nitrogens with zero attached hydrogens (tertiary/aromatic N) is 2. The van der Waals surface area contributed by atoms with Crippen molar-refractivity contribution in [3.8, 4) is 11.5 Å². The Labute approximate surface area is 119 Å². The maximum Gasteiger partial charge on any atom is 0.127 e. The molecule has 5 heteroatoms. The van der Waals surface area contributed by atoms with E-state index in [1.54, 1.807) is 13.3 Å². The monoisotopic (exact) mass is 275 g/mol. The lowest BCUT2D eigenvalue weighted by atomic mass is 10.1. The van der Waals surface area contributed by atoms with E-state index in [0.29, 0.717) is 6.61 Å². The molecule has 0 amide bonds. The van der Waals surface area contributed by atoms with Crippen LogP contribution in [0.15, 0.2) is 30.6 Å². The van der Waals surface area contributed by atoms with Crippen LogP contribution in [0.3, 0.4) is 0 Å². The number of hydrogen-bond donors (Lipinski definition) is 1. The number of aryl methyl sites for hydroxylation is 1. The zero-order chi connectivity index (χ0) is 14.5. The standard InChI is InChI=1S/C15H21N3O2/c1-11(16)14-5-4-13(19-3)10-15(14)20-9-8-18-7-6-17-12(18)2/h4-7,10-11H,8-9,16H2,1-3H3/t11-/m0/s1. The number of hydrogen-bond acceptors (Lipinski definition) is 4. The number of rotatable bonds is 6. The van der Waals surface area contributed by atoms with Crippen molar-refractivity contribution in [1.82, 2.24) is 9.55 Å². The number of aromatic nitrogens is 2. The molecule has 1 atom stereocenters. The molecule has 108 valence electrons. The summed E-state index contributed by atoms with van der Waals surface area (Å²) < 4.78 is 13.1. The van der Waals surface area contributed by atoms with Gasteiger partial charge in [-0.1, -0.05) is 6.07 Å². The summed E-state index contributed by atoms with van der Waals surface area (Å²) >= 11 is 0. The SMILES string of the molecule is COc1ccc([C@H](C)N)c(OCCn2ccnc2C)c1. The second kappa shape index (κ2) is 6.43. The highest BCUT2D eigenvalue weighted by atomic mass is 16.5. The molecule has 0 saturated carbocycles. The van der Waals surface area contributed by atoms with Gasteiger partial charge in [0.1, 0.15) is 23.9 Å². The predicted molar refractivity (Wildman–Crippen MR) is 78.1 cm³/mol. The summed E-state index contributed by atoms with van der Waals surface area (Å²) in [6.07, 6.45) is 3.73. The maximum absolute atomic E-state index is 5.96. The van der Waals surface area contributed by atoms with Crippen molar-refractivity contribution < 1.29 is 9.47 Å². The Balaban J connectivity index is 2.05. The van der Waals surface area contributed by atoms with Gasteiger partial charge >= 0.3 is 0 Å². The molecular formula is C15H21N3O2. The molecule has 2 rings (SSSR count). The lowest BCUT2D eigenvalue weighted by Crippen LogP contribution is -2.12. The maximum atomic E-state index is 5.96. The van der Waals surface area contributed by atoms with Crippen LogP contribution in [0.25, 0.3) is 0 Å². The van der Waals surface area contributed by atoms with Gasteiger partial charge in [-0.15, -0.1) is 0 Å². The van der Waals surface area contributed by atoms with Crippen LogP contribution in [0.5, 0.6) is 11.5 Å². The number of ether oxygens (including phenoxy) is 2. The zero-order valence-corrected chi connectivity index (χ0v) is 12.2. The number of nitrogens with two attached hydrogens (primary N) is 1. The van der Waals surface area contributed by atoms with Gasteiger partial charge in [-0.2, -0.15) is 0 Å². The van der Waals surface area contributed by atoms with E-state index >= 15 is 0 Å². The van der Waals surface area contributed by atoms with Gasteiger partial charge in [0, 0.05) is 30.1 Å². The highest BCUT2D eigenvalue weighted by Crippen LogP contribution is 2.28. The number of benzene rings is 1. The van der Waals surface area contributed by atoms with Crippen molar-refractivity contribution in [2.75, 3.05) is 13.7 Å². The fourth-order valence-electron chi connectivity index (χ4n) is 2.04. The van der Waals surface area contributed by atoms with E-state index in [0.717, 1.165) is 29.4 Å². The van der Waals surface area contributed by atoms with Gasteiger partial charge in [0.25, 0.3) is 0 Å². The third-order valence-electron chi connectivity index (χ3n) is 3.22. The Morgan fingerprint density at radius 2 is 2.20 bits per heavy atom. The van der Waals surface area contributed by atoms with Gasteiger partial charge in [0.15, 0.2) is 0 Å². The molecule has 0 aliphatic rings. The highest BCUT2D eigenvalue weighted by Gasteiger charge is 2.10. The van der Waals surface area contributed by atoms with Crippen LogP contribution < -0.4 is 15.2 Å². The quantitative estimate of drug-likeness (QED) is 0.878. The summed E-state index contributed by atoms with van der Waals surface area (Å²) in [5.74, 6) is 2.52. The Bertz CT molecular complexity index is 564. The first-order valence-corrected chi connectivity index (χ1v) is 6.66. The first kappa shape index (κ1) is 14.4.